The molecule has 0 aliphatic rings. The fourth-order valence-electron chi connectivity index (χ4n) is 6.00. The second-order valence-corrected chi connectivity index (χ2v) is 11.0. The highest BCUT2D eigenvalue weighted by Crippen LogP contribution is 2.44. The maximum atomic E-state index is 9.64. The third kappa shape index (κ3) is 4.92. The predicted octanol–water partition coefficient (Wildman–Crippen LogP) is 13.2. The van der Waals surface area contributed by atoms with Gasteiger partial charge in [-0.05, 0) is 98.7 Å². The molecule has 0 unspecified atom stereocenters. The van der Waals surface area contributed by atoms with Crippen molar-refractivity contribution < 1.29 is 23.6 Å². The molecule has 8 aromatic carbocycles. The van der Waals surface area contributed by atoms with Crippen LogP contribution in [-0.2, 0) is 0 Å². The van der Waals surface area contributed by atoms with Gasteiger partial charge in [-0.1, -0.05) is 133 Å². The van der Waals surface area contributed by atoms with Crippen LogP contribution in [-0.4, -0.2) is 0 Å². The summed E-state index contributed by atoms with van der Waals surface area (Å²) in [5.41, 5.74) is 1.80. The number of nitrogens with zero attached hydrogens (tertiary/aromatic N) is 1. The molecule has 226 valence electrons. The molecule has 0 radical (unpaired) electrons. The van der Waals surface area contributed by atoms with Crippen LogP contribution in [0.1, 0.15) is 19.2 Å². The summed E-state index contributed by atoms with van der Waals surface area (Å²) < 4.78 is 132. The first-order valence-corrected chi connectivity index (χ1v) is 15.2. The lowest BCUT2D eigenvalue weighted by Gasteiger charge is -2.26. The van der Waals surface area contributed by atoms with Crippen molar-refractivity contribution in [2.24, 2.45) is 0 Å². The van der Waals surface area contributed by atoms with Gasteiger partial charge in [-0.25, -0.2) is 0 Å². The Morgan fingerprint density at radius 2 is 1.17 bits per heavy atom. The number of rotatable bonds is 6. The van der Waals surface area contributed by atoms with Gasteiger partial charge in [0.15, 0.2) is 0 Å². The van der Waals surface area contributed by atoms with Gasteiger partial charge in [-0.15, -0.1) is 0 Å². The summed E-state index contributed by atoms with van der Waals surface area (Å²) >= 11 is 0. The summed E-state index contributed by atoms with van der Waals surface area (Å²) in [7, 11) is 0. The third-order valence-corrected chi connectivity index (χ3v) is 8.20. The number of para-hydroxylation sites is 1. The Hall–Kier alpha value is -6.38. The van der Waals surface area contributed by atoms with Crippen molar-refractivity contribution in [3.05, 3.63) is 188 Å². The lowest BCUT2D eigenvalue weighted by atomic mass is 9.93. The molecule has 0 aliphatic carbocycles. The number of hydrogen-bond acceptors (Lipinski definition) is 2. The Morgan fingerprint density at radius 1 is 0.438 bits per heavy atom. The van der Waals surface area contributed by atoms with E-state index in [0.29, 0.717) is 27.9 Å². The molecular weight excluding hydrogens is 583 g/mol. The average molecular weight is 628 g/mol. The molecular formula is C46H31NO. The quantitative estimate of drug-likeness (QED) is 0.182. The number of furan rings is 1. The number of benzene rings is 8. The van der Waals surface area contributed by atoms with E-state index in [2.05, 4.69) is 0 Å². The molecule has 0 amide bonds. The fraction of sp³-hybridized carbons (Fsp3) is 0. The zero-order valence-electron chi connectivity index (χ0n) is 39.2. The van der Waals surface area contributed by atoms with Crippen molar-refractivity contribution in [1.29, 1.82) is 0 Å². The topological polar surface area (TPSA) is 16.4 Å². The summed E-state index contributed by atoms with van der Waals surface area (Å²) in [6, 6.07) is 21.8. The van der Waals surface area contributed by atoms with E-state index in [1.54, 1.807) is 35.2 Å². The number of hydrogen-bond donors (Lipinski definition) is 0. The summed E-state index contributed by atoms with van der Waals surface area (Å²) in [4.78, 5) is 1.61. The summed E-state index contributed by atoms with van der Waals surface area (Å²) in [5.74, 6) is 0. The Balaban J connectivity index is 1.37. The van der Waals surface area contributed by atoms with Crippen LogP contribution in [0.4, 0.5) is 17.1 Å². The molecule has 0 saturated heterocycles. The van der Waals surface area contributed by atoms with Gasteiger partial charge in [0.2, 0.25) is 0 Å². The molecule has 0 spiro atoms. The molecule has 0 saturated carbocycles. The molecule has 48 heavy (non-hydrogen) atoms. The predicted molar refractivity (Wildman–Crippen MR) is 202 cm³/mol. The van der Waals surface area contributed by atoms with E-state index in [1.807, 2.05) is 66.7 Å². The Bertz CT molecular complexity index is 3290. The van der Waals surface area contributed by atoms with Gasteiger partial charge in [-0.2, -0.15) is 0 Å². The van der Waals surface area contributed by atoms with Gasteiger partial charge in [0.1, 0.15) is 11.2 Å². The first-order valence-electron chi connectivity index (χ1n) is 22.2. The molecule has 2 heteroatoms. The first-order chi connectivity index (χ1) is 29.6. The highest BCUT2D eigenvalue weighted by atomic mass is 16.3. The summed E-state index contributed by atoms with van der Waals surface area (Å²) in [6.45, 7) is 0. The fourth-order valence-corrected chi connectivity index (χ4v) is 6.00. The van der Waals surface area contributed by atoms with Gasteiger partial charge in [0.25, 0.3) is 0 Å². The highest BCUT2D eigenvalue weighted by molar-refractivity contribution is 6.13. The second kappa shape index (κ2) is 11.8. The van der Waals surface area contributed by atoms with Crippen molar-refractivity contribution in [3.63, 3.8) is 0 Å². The van der Waals surface area contributed by atoms with Gasteiger partial charge in [0, 0.05) is 16.8 Å². The van der Waals surface area contributed by atoms with Crippen LogP contribution in [0, 0.1) is 0 Å². The number of fused-ring (bicyclic) bond motifs is 4. The van der Waals surface area contributed by atoms with E-state index in [-0.39, 0.29) is 22.0 Å². The van der Waals surface area contributed by atoms with Gasteiger partial charge in [-0.3, -0.25) is 0 Å². The van der Waals surface area contributed by atoms with Crippen LogP contribution in [0.5, 0.6) is 0 Å². The lowest BCUT2D eigenvalue weighted by Crippen LogP contribution is -2.10. The zero-order valence-corrected chi connectivity index (χ0v) is 25.2. The molecule has 0 aliphatic heterocycles. The minimum Gasteiger partial charge on any atom is -0.456 e. The van der Waals surface area contributed by atoms with E-state index < -0.39 is 101 Å². The Morgan fingerprint density at radius 3 is 2.00 bits per heavy atom. The molecule has 9 aromatic rings. The van der Waals surface area contributed by atoms with Crippen molar-refractivity contribution >= 4 is 49.8 Å². The van der Waals surface area contributed by atoms with Crippen LogP contribution < -0.4 is 4.90 Å². The molecule has 2 nitrogen and oxygen atoms in total. The first kappa shape index (κ1) is 17.0. The van der Waals surface area contributed by atoms with Crippen LogP contribution in [0.25, 0.3) is 66.1 Å². The molecule has 0 bridgehead atoms. The highest BCUT2D eigenvalue weighted by Gasteiger charge is 2.19. The summed E-state index contributed by atoms with van der Waals surface area (Å²) in [6.07, 6.45) is 0. The van der Waals surface area contributed by atoms with Crippen LogP contribution in [0.3, 0.4) is 0 Å². The van der Waals surface area contributed by atoms with Crippen molar-refractivity contribution in [1.82, 2.24) is 0 Å². The average Bonchev–Trinajstić information content (AvgIpc) is 3.67. The molecule has 1 aromatic heterocycles. The SMILES string of the molecule is [2H]c1cc2c(-c3c([2H])c([2H])c([2H])c([2H])c3[2H])c([2H])c(-c3c([2H])c([2H])c(N(c4ccc(-c5ccccc5)cc4)c4cccc5oc6ccccc6c45)c([2H])c3[2H])c([2H])c2c([2H])c1[2H]. The van der Waals surface area contributed by atoms with E-state index in [4.69, 9.17) is 15.4 Å². The minimum absolute atomic E-state index is 0.174. The normalized spacial score (nSPS) is 15.4. The van der Waals surface area contributed by atoms with Crippen molar-refractivity contribution in [3.8, 4) is 33.4 Å². The van der Waals surface area contributed by atoms with E-state index in [9.17, 15) is 8.22 Å². The molecule has 1 heterocycles. The molecule has 0 N–H and O–H groups in total. The van der Waals surface area contributed by atoms with E-state index in [0.717, 1.165) is 22.6 Å². The van der Waals surface area contributed by atoms with Crippen molar-refractivity contribution in [2.75, 3.05) is 4.90 Å². The Labute approximate surface area is 299 Å². The zero-order chi connectivity index (χ0) is 44.0. The standard InChI is InChI=1S/C46H31NO/c1-3-12-32(13-4-1)33-22-26-38(27-23-33)47(43-19-11-21-45-46(43)41-18-9-10-20-44(41)48-45)39-28-24-34(25-29-39)37-30-36-16-7-8-17-40(36)42(31-37)35-14-5-2-6-15-35/h1-31H/i2D,5D,6D,7D,8D,14D,15D,16D,24D,25D,28D,29D,30D,31D. The number of anilines is 3. The largest absolute Gasteiger partial charge is 0.456 e. The Kier molecular flexibility index (Phi) is 4.16. The van der Waals surface area contributed by atoms with Gasteiger partial charge >= 0.3 is 0 Å². The van der Waals surface area contributed by atoms with Crippen LogP contribution >= 0.6 is 0 Å². The maximum Gasteiger partial charge on any atom is 0.137 e. The smallest absolute Gasteiger partial charge is 0.137 e. The molecule has 0 fully saturated rings. The molecule has 0 atom stereocenters. The van der Waals surface area contributed by atoms with Gasteiger partial charge in [0.05, 0.1) is 30.3 Å². The van der Waals surface area contributed by atoms with Gasteiger partial charge < -0.3 is 9.32 Å². The van der Waals surface area contributed by atoms with Crippen LogP contribution in [0.2, 0.25) is 0 Å². The minimum atomic E-state index is -0.731. The van der Waals surface area contributed by atoms with E-state index >= 15 is 0 Å². The molecule has 9 rings (SSSR count). The summed E-state index contributed by atoms with van der Waals surface area (Å²) in [5, 5.41) is 0.851. The van der Waals surface area contributed by atoms with E-state index in [1.165, 1.54) is 0 Å². The lowest BCUT2D eigenvalue weighted by molar-refractivity contribution is 0.669. The monoisotopic (exact) mass is 627 g/mol. The van der Waals surface area contributed by atoms with Crippen molar-refractivity contribution in [2.45, 2.75) is 0 Å². The van der Waals surface area contributed by atoms with Crippen LogP contribution in [0.15, 0.2) is 192 Å². The maximum absolute atomic E-state index is 9.64. The second-order valence-electron chi connectivity index (χ2n) is 11.0. The third-order valence-electron chi connectivity index (χ3n) is 8.20.